The van der Waals surface area contributed by atoms with Crippen LogP contribution in [-0.2, 0) is 10.2 Å². The first-order chi connectivity index (χ1) is 8.38. The second kappa shape index (κ2) is 6.29. The van der Waals surface area contributed by atoms with Gasteiger partial charge in [0.05, 0.1) is 12.6 Å². The molecule has 102 valence electrons. The minimum absolute atomic E-state index is 0.106. The van der Waals surface area contributed by atoms with Crippen molar-refractivity contribution in [3.05, 3.63) is 35.9 Å². The van der Waals surface area contributed by atoms with Crippen LogP contribution in [0.15, 0.2) is 30.3 Å². The standard InChI is InChI=1S/C12H20N2O3S/c1-10(11-7-5-4-6-8-11)12(9-15)13-18(16,17)14(2)3/h4-8,10,12-13,15H,9H2,1-3H3/t10-,12+/m1/s1. The number of rotatable bonds is 6. The van der Waals surface area contributed by atoms with Gasteiger partial charge in [-0.2, -0.15) is 17.4 Å². The largest absolute Gasteiger partial charge is 0.395 e. The zero-order chi connectivity index (χ0) is 13.8. The molecule has 0 spiro atoms. The van der Waals surface area contributed by atoms with Crippen LogP contribution in [0.2, 0.25) is 0 Å². The Morgan fingerprint density at radius 1 is 1.28 bits per heavy atom. The minimum Gasteiger partial charge on any atom is -0.395 e. The van der Waals surface area contributed by atoms with Crippen molar-refractivity contribution in [2.45, 2.75) is 18.9 Å². The first kappa shape index (κ1) is 15.1. The fourth-order valence-corrected chi connectivity index (χ4v) is 2.46. The monoisotopic (exact) mass is 272 g/mol. The van der Waals surface area contributed by atoms with E-state index < -0.39 is 16.3 Å². The Hall–Kier alpha value is -0.950. The summed E-state index contributed by atoms with van der Waals surface area (Å²) in [6.07, 6.45) is 0. The summed E-state index contributed by atoms with van der Waals surface area (Å²) in [5, 5.41) is 9.36. The summed E-state index contributed by atoms with van der Waals surface area (Å²) in [6.45, 7) is 1.64. The Labute approximate surface area is 109 Å². The van der Waals surface area contributed by atoms with Crippen LogP contribution in [0.25, 0.3) is 0 Å². The topological polar surface area (TPSA) is 69.6 Å². The van der Waals surface area contributed by atoms with E-state index in [1.807, 2.05) is 37.3 Å². The second-order valence-corrected chi connectivity index (χ2v) is 6.31. The van der Waals surface area contributed by atoms with Crippen molar-refractivity contribution < 1.29 is 13.5 Å². The quantitative estimate of drug-likeness (QED) is 0.794. The van der Waals surface area contributed by atoms with Crippen molar-refractivity contribution in [1.82, 2.24) is 9.03 Å². The Morgan fingerprint density at radius 3 is 2.28 bits per heavy atom. The summed E-state index contributed by atoms with van der Waals surface area (Å²) in [4.78, 5) is 0. The smallest absolute Gasteiger partial charge is 0.279 e. The Bertz CT molecular complexity index is 459. The van der Waals surface area contributed by atoms with Crippen molar-refractivity contribution >= 4 is 10.2 Å². The van der Waals surface area contributed by atoms with Crippen molar-refractivity contribution in [2.75, 3.05) is 20.7 Å². The van der Waals surface area contributed by atoms with Gasteiger partial charge in [-0.25, -0.2) is 0 Å². The fourth-order valence-electron chi connectivity index (χ4n) is 1.58. The van der Waals surface area contributed by atoms with Crippen molar-refractivity contribution in [3.63, 3.8) is 0 Å². The predicted molar refractivity (Wildman–Crippen MR) is 71.5 cm³/mol. The molecular weight excluding hydrogens is 252 g/mol. The molecule has 2 N–H and O–H groups in total. The highest BCUT2D eigenvalue weighted by molar-refractivity contribution is 7.87. The van der Waals surface area contributed by atoms with Crippen molar-refractivity contribution in [3.8, 4) is 0 Å². The van der Waals surface area contributed by atoms with E-state index in [2.05, 4.69) is 4.72 Å². The van der Waals surface area contributed by atoms with Gasteiger partial charge >= 0.3 is 0 Å². The predicted octanol–water partition coefficient (Wildman–Crippen LogP) is 0.547. The number of hydrogen-bond acceptors (Lipinski definition) is 3. The lowest BCUT2D eigenvalue weighted by atomic mass is 9.94. The summed E-state index contributed by atoms with van der Waals surface area (Å²) in [5.41, 5.74) is 0.984. The first-order valence-electron chi connectivity index (χ1n) is 5.74. The lowest BCUT2D eigenvalue weighted by Gasteiger charge is -2.25. The third-order valence-electron chi connectivity index (χ3n) is 2.91. The number of aliphatic hydroxyl groups is 1. The first-order valence-corrected chi connectivity index (χ1v) is 7.18. The molecule has 1 aromatic carbocycles. The summed E-state index contributed by atoms with van der Waals surface area (Å²) < 4.78 is 27.1. The summed E-state index contributed by atoms with van der Waals surface area (Å²) in [7, 11) is -0.642. The van der Waals surface area contributed by atoms with E-state index in [1.54, 1.807) is 0 Å². The molecule has 0 saturated carbocycles. The lowest BCUT2D eigenvalue weighted by Crippen LogP contribution is -2.46. The van der Waals surface area contributed by atoms with Crippen LogP contribution in [0.5, 0.6) is 0 Å². The Kier molecular flexibility index (Phi) is 5.28. The Morgan fingerprint density at radius 2 is 1.83 bits per heavy atom. The van der Waals surface area contributed by atoms with Crippen LogP contribution in [0, 0.1) is 0 Å². The fraction of sp³-hybridized carbons (Fsp3) is 0.500. The number of nitrogens with one attached hydrogen (secondary N) is 1. The molecule has 0 aliphatic rings. The highest BCUT2D eigenvalue weighted by Gasteiger charge is 2.24. The van der Waals surface area contributed by atoms with E-state index >= 15 is 0 Å². The summed E-state index contributed by atoms with van der Waals surface area (Å²) in [6, 6.07) is 8.96. The van der Waals surface area contributed by atoms with Gasteiger partial charge in [0.25, 0.3) is 10.2 Å². The van der Waals surface area contributed by atoms with Crippen LogP contribution in [0.3, 0.4) is 0 Å². The molecule has 0 unspecified atom stereocenters. The maximum atomic E-state index is 11.7. The number of hydrogen-bond donors (Lipinski definition) is 2. The third kappa shape index (κ3) is 3.78. The molecule has 1 rings (SSSR count). The average Bonchev–Trinajstić information content (AvgIpc) is 2.36. The van der Waals surface area contributed by atoms with Crippen LogP contribution in [0.4, 0.5) is 0 Å². The van der Waals surface area contributed by atoms with Crippen LogP contribution in [-0.4, -0.2) is 44.6 Å². The van der Waals surface area contributed by atoms with Crippen LogP contribution in [0.1, 0.15) is 18.4 Å². The van der Waals surface area contributed by atoms with Gasteiger partial charge in [-0.3, -0.25) is 0 Å². The van der Waals surface area contributed by atoms with Crippen LogP contribution < -0.4 is 4.72 Å². The normalized spacial score (nSPS) is 15.6. The number of nitrogens with zero attached hydrogens (tertiary/aromatic N) is 1. The van der Waals surface area contributed by atoms with E-state index in [4.69, 9.17) is 0 Å². The average molecular weight is 272 g/mol. The molecule has 6 heteroatoms. The summed E-state index contributed by atoms with van der Waals surface area (Å²) >= 11 is 0. The number of benzene rings is 1. The molecule has 2 atom stereocenters. The second-order valence-electron chi connectivity index (χ2n) is 4.39. The maximum Gasteiger partial charge on any atom is 0.279 e. The summed E-state index contributed by atoms with van der Waals surface area (Å²) in [5.74, 6) is -0.106. The van der Waals surface area contributed by atoms with Gasteiger partial charge in [-0.15, -0.1) is 0 Å². The number of aliphatic hydroxyl groups excluding tert-OH is 1. The van der Waals surface area contributed by atoms with E-state index in [0.717, 1.165) is 9.87 Å². The van der Waals surface area contributed by atoms with E-state index in [9.17, 15) is 13.5 Å². The molecule has 0 aliphatic carbocycles. The molecule has 5 nitrogen and oxygen atoms in total. The molecule has 0 aliphatic heterocycles. The zero-order valence-electron chi connectivity index (χ0n) is 10.9. The van der Waals surface area contributed by atoms with Gasteiger partial charge in [0.15, 0.2) is 0 Å². The molecular formula is C12H20N2O3S. The Balaban J connectivity index is 2.85. The van der Waals surface area contributed by atoms with Gasteiger partial charge in [0, 0.05) is 14.1 Å². The van der Waals surface area contributed by atoms with E-state index in [-0.39, 0.29) is 12.5 Å². The third-order valence-corrected chi connectivity index (χ3v) is 4.47. The van der Waals surface area contributed by atoms with Gasteiger partial charge in [-0.1, -0.05) is 37.3 Å². The molecule has 0 amide bonds. The van der Waals surface area contributed by atoms with E-state index in [1.165, 1.54) is 14.1 Å². The highest BCUT2D eigenvalue weighted by atomic mass is 32.2. The molecule has 0 fully saturated rings. The molecule has 0 radical (unpaired) electrons. The van der Waals surface area contributed by atoms with Crippen molar-refractivity contribution in [1.29, 1.82) is 0 Å². The van der Waals surface area contributed by atoms with Gasteiger partial charge in [0.1, 0.15) is 0 Å². The van der Waals surface area contributed by atoms with Crippen molar-refractivity contribution in [2.24, 2.45) is 0 Å². The molecule has 1 aromatic rings. The highest BCUT2D eigenvalue weighted by Crippen LogP contribution is 2.19. The van der Waals surface area contributed by atoms with Gasteiger partial charge in [0.2, 0.25) is 0 Å². The SMILES string of the molecule is C[C@H](c1ccccc1)[C@H](CO)NS(=O)(=O)N(C)C. The molecule has 0 saturated heterocycles. The molecule has 0 aromatic heterocycles. The zero-order valence-corrected chi connectivity index (χ0v) is 11.7. The van der Waals surface area contributed by atoms with Crippen LogP contribution >= 0.6 is 0 Å². The maximum absolute atomic E-state index is 11.7. The molecule has 0 heterocycles. The molecule has 0 bridgehead atoms. The lowest BCUT2D eigenvalue weighted by molar-refractivity contribution is 0.240. The minimum atomic E-state index is -3.54. The van der Waals surface area contributed by atoms with Gasteiger partial charge < -0.3 is 5.11 Å². The van der Waals surface area contributed by atoms with Gasteiger partial charge in [-0.05, 0) is 11.5 Å². The van der Waals surface area contributed by atoms with E-state index in [0.29, 0.717) is 0 Å². The molecule has 18 heavy (non-hydrogen) atoms.